The van der Waals surface area contributed by atoms with E-state index in [1.54, 1.807) is 12.1 Å². The SMILES string of the molecule is C=CCN1CCN(C(=O)c2csc(C3CCN(S(=O)(=O)c4ccc(C)c(Cl)c4)CC3)n2)CC1. The lowest BCUT2D eigenvalue weighted by molar-refractivity contribution is 0.0645. The first-order chi connectivity index (χ1) is 15.8. The van der Waals surface area contributed by atoms with Crippen molar-refractivity contribution in [3.05, 3.63) is 57.5 Å². The Balaban J connectivity index is 1.35. The molecule has 0 radical (unpaired) electrons. The first kappa shape index (κ1) is 24.3. The van der Waals surface area contributed by atoms with Crippen LogP contribution in [-0.2, 0) is 10.0 Å². The van der Waals surface area contributed by atoms with E-state index in [2.05, 4.69) is 16.5 Å². The quantitative estimate of drug-likeness (QED) is 0.557. The first-order valence-corrected chi connectivity index (χ1v) is 13.8. The number of aromatic nitrogens is 1. The van der Waals surface area contributed by atoms with Crippen molar-refractivity contribution in [2.75, 3.05) is 45.8 Å². The number of thiazole rings is 1. The Kier molecular flexibility index (Phi) is 7.55. The first-order valence-electron chi connectivity index (χ1n) is 11.1. The summed E-state index contributed by atoms with van der Waals surface area (Å²) in [4.78, 5) is 21.9. The topological polar surface area (TPSA) is 73.8 Å². The predicted octanol–water partition coefficient (Wildman–Crippen LogP) is 3.62. The second kappa shape index (κ2) is 10.2. The van der Waals surface area contributed by atoms with Gasteiger partial charge < -0.3 is 4.90 Å². The zero-order valence-electron chi connectivity index (χ0n) is 18.7. The van der Waals surface area contributed by atoms with Gasteiger partial charge in [0.2, 0.25) is 10.0 Å². The van der Waals surface area contributed by atoms with Gasteiger partial charge in [0.25, 0.3) is 5.91 Å². The molecule has 2 aliphatic rings. The van der Waals surface area contributed by atoms with Gasteiger partial charge in [0.05, 0.1) is 9.90 Å². The fourth-order valence-electron chi connectivity index (χ4n) is 4.28. The van der Waals surface area contributed by atoms with E-state index in [1.807, 2.05) is 23.3 Å². The third-order valence-corrected chi connectivity index (χ3v) is 9.68. The van der Waals surface area contributed by atoms with Crippen molar-refractivity contribution >= 4 is 38.9 Å². The summed E-state index contributed by atoms with van der Waals surface area (Å²) in [7, 11) is -3.58. The Morgan fingerprint density at radius 1 is 1.21 bits per heavy atom. The molecule has 10 heteroatoms. The van der Waals surface area contributed by atoms with Crippen molar-refractivity contribution in [1.82, 2.24) is 19.1 Å². The number of nitrogens with zero attached hydrogens (tertiary/aromatic N) is 4. The number of piperidine rings is 1. The molecule has 0 aliphatic carbocycles. The van der Waals surface area contributed by atoms with Crippen molar-refractivity contribution in [1.29, 1.82) is 0 Å². The number of benzene rings is 1. The lowest BCUT2D eigenvalue weighted by Crippen LogP contribution is -2.48. The van der Waals surface area contributed by atoms with Crippen LogP contribution < -0.4 is 0 Å². The number of carbonyl (C=O) groups excluding carboxylic acids is 1. The van der Waals surface area contributed by atoms with Gasteiger partial charge in [-0.1, -0.05) is 23.7 Å². The third-order valence-electron chi connectivity index (χ3n) is 6.37. The van der Waals surface area contributed by atoms with E-state index >= 15 is 0 Å². The largest absolute Gasteiger partial charge is 0.335 e. The minimum absolute atomic E-state index is 0.0213. The molecule has 2 aliphatic heterocycles. The molecule has 2 aromatic rings. The third kappa shape index (κ3) is 5.33. The molecule has 1 amide bonds. The Morgan fingerprint density at radius 2 is 1.91 bits per heavy atom. The van der Waals surface area contributed by atoms with E-state index in [9.17, 15) is 13.2 Å². The molecule has 178 valence electrons. The van der Waals surface area contributed by atoms with Gasteiger partial charge in [0, 0.05) is 62.1 Å². The Labute approximate surface area is 204 Å². The fourth-order valence-corrected chi connectivity index (χ4v) is 6.98. The average molecular weight is 509 g/mol. The molecule has 0 unspecified atom stereocenters. The van der Waals surface area contributed by atoms with Gasteiger partial charge in [0.1, 0.15) is 5.69 Å². The molecule has 2 fully saturated rings. The lowest BCUT2D eigenvalue weighted by Gasteiger charge is -2.33. The summed E-state index contributed by atoms with van der Waals surface area (Å²) in [6.07, 6.45) is 3.25. The summed E-state index contributed by atoms with van der Waals surface area (Å²) in [6.45, 7) is 10.4. The minimum atomic E-state index is -3.58. The Bertz CT molecular complexity index is 1120. The van der Waals surface area contributed by atoms with Crippen LogP contribution in [0, 0.1) is 6.92 Å². The number of sulfonamides is 1. The highest BCUT2D eigenvalue weighted by Gasteiger charge is 2.32. The van der Waals surface area contributed by atoms with Crippen molar-refractivity contribution in [3.63, 3.8) is 0 Å². The molecule has 0 N–H and O–H groups in total. The summed E-state index contributed by atoms with van der Waals surface area (Å²) >= 11 is 7.64. The molecule has 7 nitrogen and oxygen atoms in total. The van der Waals surface area contributed by atoms with Gasteiger partial charge in [-0.25, -0.2) is 13.4 Å². The van der Waals surface area contributed by atoms with Crippen LogP contribution >= 0.6 is 22.9 Å². The summed E-state index contributed by atoms with van der Waals surface area (Å²) in [5.41, 5.74) is 1.35. The van der Waals surface area contributed by atoms with Crippen LogP contribution in [0.3, 0.4) is 0 Å². The molecule has 2 saturated heterocycles. The van der Waals surface area contributed by atoms with E-state index in [1.165, 1.54) is 21.7 Å². The number of amides is 1. The van der Waals surface area contributed by atoms with E-state index in [4.69, 9.17) is 11.6 Å². The zero-order chi connectivity index (χ0) is 23.6. The molecule has 4 rings (SSSR count). The highest BCUT2D eigenvalue weighted by Crippen LogP contribution is 2.33. The second-order valence-electron chi connectivity index (χ2n) is 8.54. The molecular weight excluding hydrogens is 480 g/mol. The highest BCUT2D eigenvalue weighted by atomic mass is 35.5. The van der Waals surface area contributed by atoms with Crippen LogP contribution in [-0.4, -0.2) is 79.2 Å². The fraction of sp³-hybridized carbons (Fsp3) is 0.478. The molecule has 0 saturated carbocycles. The minimum Gasteiger partial charge on any atom is -0.335 e. The number of hydrogen-bond acceptors (Lipinski definition) is 6. The van der Waals surface area contributed by atoms with Gasteiger partial charge in [-0.2, -0.15) is 4.31 Å². The van der Waals surface area contributed by atoms with E-state index < -0.39 is 10.0 Å². The molecule has 0 bridgehead atoms. The maximum absolute atomic E-state index is 13.0. The number of halogens is 1. The Morgan fingerprint density at radius 3 is 2.55 bits per heavy atom. The molecule has 0 spiro atoms. The molecule has 1 aromatic carbocycles. The lowest BCUT2D eigenvalue weighted by atomic mass is 9.99. The van der Waals surface area contributed by atoms with Crippen molar-refractivity contribution < 1.29 is 13.2 Å². The van der Waals surface area contributed by atoms with Crippen LogP contribution in [0.1, 0.15) is 39.8 Å². The van der Waals surface area contributed by atoms with Gasteiger partial charge >= 0.3 is 0 Å². The van der Waals surface area contributed by atoms with Gasteiger partial charge in [-0.3, -0.25) is 9.69 Å². The smallest absolute Gasteiger partial charge is 0.273 e. The van der Waals surface area contributed by atoms with Crippen LogP contribution in [0.25, 0.3) is 0 Å². The maximum Gasteiger partial charge on any atom is 0.273 e. The molecular formula is C23H29ClN4O3S2. The molecule has 0 atom stereocenters. The normalized spacial score (nSPS) is 19.0. The average Bonchev–Trinajstić information content (AvgIpc) is 3.31. The van der Waals surface area contributed by atoms with Gasteiger partial charge in [-0.05, 0) is 37.5 Å². The van der Waals surface area contributed by atoms with Crippen molar-refractivity contribution in [2.24, 2.45) is 0 Å². The monoisotopic (exact) mass is 508 g/mol. The summed E-state index contributed by atoms with van der Waals surface area (Å²) in [5, 5.41) is 3.21. The van der Waals surface area contributed by atoms with E-state index in [-0.39, 0.29) is 16.7 Å². The zero-order valence-corrected chi connectivity index (χ0v) is 21.1. The van der Waals surface area contributed by atoms with Gasteiger partial charge in [-0.15, -0.1) is 17.9 Å². The van der Waals surface area contributed by atoms with Crippen LogP contribution in [0.4, 0.5) is 0 Å². The van der Waals surface area contributed by atoms with Gasteiger partial charge in [0.15, 0.2) is 0 Å². The number of carbonyl (C=O) groups is 1. The number of hydrogen-bond donors (Lipinski definition) is 0. The maximum atomic E-state index is 13.0. The summed E-state index contributed by atoms with van der Waals surface area (Å²) in [5.74, 6) is 0.140. The number of aryl methyl sites for hydroxylation is 1. The van der Waals surface area contributed by atoms with Crippen molar-refractivity contribution in [2.45, 2.75) is 30.6 Å². The van der Waals surface area contributed by atoms with E-state index in [0.29, 0.717) is 49.7 Å². The standard InChI is InChI=1S/C23H29ClN4O3S2/c1-3-8-26-11-13-27(14-12-26)23(29)21-16-32-22(25-21)18-6-9-28(10-7-18)33(30,31)19-5-4-17(2)20(24)15-19/h3-5,15-16,18H,1,6-14H2,2H3. The summed E-state index contributed by atoms with van der Waals surface area (Å²) < 4.78 is 27.6. The van der Waals surface area contributed by atoms with Crippen LogP contribution in [0.15, 0.2) is 41.1 Å². The highest BCUT2D eigenvalue weighted by molar-refractivity contribution is 7.89. The van der Waals surface area contributed by atoms with E-state index in [0.717, 1.165) is 30.2 Å². The van der Waals surface area contributed by atoms with Crippen LogP contribution in [0.5, 0.6) is 0 Å². The molecule has 1 aromatic heterocycles. The second-order valence-corrected chi connectivity index (χ2v) is 11.8. The summed E-state index contributed by atoms with van der Waals surface area (Å²) in [6, 6.07) is 4.86. The number of rotatable bonds is 6. The molecule has 33 heavy (non-hydrogen) atoms. The number of piperazine rings is 1. The van der Waals surface area contributed by atoms with Crippen molar-refractivity contribution in [3.8, 4) is 0 Å². The molecule has 3 heterocycles. The predicted molar refractivity (Wildman–Crippen MR) is 132 cm³/mol. The Hall–Kier alpha value is -1.78. The van der Waals surface area contributed by atoms with Crippen LogP contribution in [0.2, 0.25) is 5.02 Å².